The first kappa shape index (κ1) is 14.1. The second-order valence-electron chi connectivity index (χ2n) is 4.40. The number of benzene rings is 1. The largest absolute Gasteiger partial charge is 0.327 e. The van der Waals surface area contributed by atoms with Crippen LogP contribution in [0.15, 0.2) is 18.2 Å². The zero-order valence-corrected chi connectivity index (χ0v) is 10.6. The molecular formula is C12H17N3O3. The van der Waals surface area contributed by atoms with Crippen LogP contribution in [-0.4, -0.2) is 16.9 Å². The van der Waals surface area contributed by atoms with Crippen LogP contribution in [0.4, 0.5) is 11.4 Å². The Hall–Kier alpha value is -1.95. The number of carbonyl (C=O) groups excluding carboxylic acids is 1. The van der Waals surface area contributed by atoms with Gasteiger partial charge >= 0.3 is 0 Å². The van der Waals surface area contributed by atoms with Gasteiger partial charge < -0.3 is 11.1 Å². The summed E-state index contributed by atoms with van der Waals surface area (Å²) >= 11 is 0. The molecule has 0 saturated carbocycles. The molecule has 0 aromatic heterocycles. The summed E-state index contributed by atoms with van der Waals surface area (Å²) in [6.07, 6.45) is 0. The van der Waals surface area contributed by atoms with Crippen LogP contribution >= 0.6 is 0 Å². The number of nitrogens with two attached hydrogens (primary N) is 1. The van der Waals surface area contributed by atoms with Crippen LogP contribution in [0.3, 0.4) is 0 Å². The molecule has 0 spiro atoms. The SMILES string of the molecule is Cc1ccc(NC(=O)C(C)C(C)N)cc1[N+](=O)[O-]. The maximum absolute atomic E-state index is 11.8. The van der Waals surface area contributed by atoms with Crippen LogP contribution in [-0.2, 0) is 4.79 Å². The molecular weight excluding hydrogens is 234 g/mol. The average Bonchev–Trinajstić information content (AvgIpc) is 2.29. The van der Waals surface area contributed by atoms with Gasteiger partial charge in [0.25, 0.3) is 5.69 Å². The smallest absolute Gasteiger partial charge is 0.274 e. The molecule has 6 heteroatoms. The van der Waals surface area contributed by atoms with Crippen molar-refractivity contribution in [2.75, 3.05) is 5.32 Å². The Labute approximate surface area is 105 Å². The molecule has 0 fully saturated rings. The third-order valence-corrected chi connectivity index (χ3v) is 2.88. The van der Waals surface area contributed by atoms with Gasteiger partial charge in [-0.05, 0) is 19.9 Å². The fourth-order valence-electron chi connectivity index (χ4n) is 1.38. The van der Waals surface area contributed by atoms with Gasteiger partial charge in [-0.15, -0.1) is 0 Å². The minimum Gasteiger partial charge on any atom is -0.327 e. The lowest BCUT2D eigenvalue weighted by atomic mass is 10.0. The summed E-state index contributed by atoms with van der Waals surface area (Å²) in [6.45, 7) is 5.10. The number of hydrogen-bond donors (Lipinski definition) is 2. The number of carbonyl (C=O) groups is 1. The molecule has 6 nitrogen and oxygen atoms in total. The predicted octanol–water partition coefficient (Wildman–Crippen LogP) is 1.83. The number of hydrogen-bond acceptors (Lipinski definition) is 4. The monoisotopic (exact) mass is 251 g/mol. The van der Waals surface area contributed by atoms with Crippen molar-refractivity contribution in [3.05, 3.63) is 33.9 Å². The van der Waals surface area contributed by atoms with Gasteiger partial charge in [-0.2, -0.15) is 0 Å². The molecule has 1 rings (SSSR count). The van der Waals surface area contributed by atoms with Crippen molar-refractivity contribution in [3.8, 4) is 0 Å². The van der Waals surface area contributed by atoms with E-state index in [1.54, 1.807) is 32.9 Å². The lowest BCUT2D eigenvalue weighted by Gasteiger charge is -2.15. The van der Waals surface area contributed by atoms with E-state index < -0.39 is 4.92 Å². The highest BCUT2D eigenvalue weighted by atomic mass is 16.6. The number of rotatable bonds is 4. The molecule has 0 saturated heterocycles. The lowest BCUT2D eigenvalue weighted by molar-refractivity contribution is -0.385. The van der Waals surface area contributed by atoms with Crippen molar-refractivity contribution in [1.29, 1.82) is 0 Å². The molecule has 0 aliphatic heterocycles. The molecule has 2 atom stereocenters. The van der Waals surface area contributed by atoms with Gasteiger partial charge in [0.2, 0.25) is 5.91 Å². The highest BCUT2D eigenvalue weighted by molar-refractivity contribution is 5.93. The fraction of sp³-hybridized carbons (Fsp3) is 0.417. The van der Waals surface area contributed by atoms with Crippen LogP contribution in [0.5, 0.6) is 0 Å². The van der Waals surface area contributed by atoms with Crippen molar-refractivity contribution in [2.45, 2.75) is 26.8 Å². The maximum Gasteiger partial charge on any atom is 0.274 e. The number of nitrogens with zero attached hydrogens (tertiary/aromatic N) is 1. The summed E-state index contributed by atoms with van der Waals surface area (Å²) < 4.78 is 0. The number of anilines is 1. The van der Waals surface area contributed by atoms with Gasteiger partial charge in [-0.1, -0.05) is 13.0 Å². The Morgan fingerprint density at radius 2 is 2.06 bits per heavy atom. The molecule has 0 aliphatic carbocycles. The fourth-order valence-corrected chi connectivity index (χ4v) is 1.38. The molecule has 0 heterocycles. The first-order valence-corrected chi connectivity index (χ1v) is 5.64. The second kappa shape index (κ2) is 5.59. The first-order valence-electron chi connectivity index (χ1n) is 5.64. The molecule has 0 bridgehead atoms. The van der Waals surface area contributed by atoms with E-state index in [-0.39, 0.29) is 23.6 Å². The standard InChI is InChI=1S/C12H17N3O3/c1-7-4-5-10(6-11(7)15(17)18)14-12(16)8(2)9(3)13/h4-6,8-9H,13H2,1-3H3,(H,14,16). The van der Waals surface area contributed by atoms with E-state index in [2.05, 4.69) is 5.32 Å². The number of aryl methyl sites for hydroxylation is 1. The van der Waals surface area contributed by atoms with E-state index in [0.717, 1.165) is 0 Å². The Morgan fingerprint density at radius 3 is 2.56 bits per heavy atom. The summed E-state index contributed by atoms with van der Waals surface area (Å²) in [7, 11) is 0. The summed E-state index contributed by atoms with van der Waals surface area (Å²) in [5, 5.41) is 13.4. The highest BCUT2D eigenvalue weighted by Gasteiger charge is 2.18. The molecule has 0 radical (unpaired) electrons. The molecule has 1 aromatic carbocycles. The Balaban J connectivity index is 2.89. The minimum absolute atomic E-state index is 0.0127. The van der Waals surface area contributed by atoms with Crippen molar-refractivity contribution < 1.29 is 9.72 Å². The summed E-state index contributed by atoms with van der Waals surface area (Å²) in [5.41, 5.74) is 6.57. The van der Waals surface area contributed by atoms with Crippen molar-refractivity contribution in [1.82, 2.24) is 0 Å². The Bertz CT molecular complexity index is 472. The molecule has 3 N–H and O–H groups in total. The normalized spacial score (nSPS) is 13.8. The molecule has 98 valence electrons. The second-order valence-corrected chi connectivity index (χ2v) is 4.40. The zero-order chi connectivity index (χ0) is 13.9. The Kier molecular flexibility index (Phi) is 4.38. The first-order chi connectivity index (χ1) is 8.32. The predicted molar refractivity (Wildman–Crippen MR) is 69.3 cm³/mol. The van der Waals surface area contributed by atoms with Gasteiger partial charge in [0.1, 0.15) is 0 Å². The minimum atomic E-state index is -0.472. The molecule has 2 unspecified atom stereocenters. The molecule has 1 amide bonds. The number of nitrogens with one attached hydrogen (secondary N) is 1. The topological polar surface area (TPSA) is 98.3 Å². The Morgan fingerprint density at radius 1 is 1.44 bits per heavy atom. The van der Waals surface area contributed by atoms with E-state index in [1.807, 2.05) is 0 Å². The van der Waals surface area contributed by atoms with Crippen LogP contribution in [0.2, 0.25) is 0 Å². The van der Waals surface area contributed by atoms with Crippen molar-refractivity contribution >= 4 is 17.3 Å². The summed E-state index contributed by atoms with van der Waals surface area (Å²) in [5.74, 6) is -0.603. The third kappa shape index (κ3) is 3.27. The lowest BCUT2D eigenvalue weighted by Crippen LogP contribution is -2.34. The van der Waals surface area contributed by atoms with Gasteiger partial charge in [-0.3, -0.25) is 14.9 Å². The van der Waals surface area contributed by atoms with Crippen LogP contribution in [0.1, 0.15) is 19.4 Å². The van der Waals surface area contributed by atoms with Gasteiger partial charge in [0.15, 0.2) is 0 Å². The van der Waals surface area contributed by atoms with E-state index in [4.69, 9.17) is 5.73 Å². The van der Waals surface area contributed by atoms with Gasteiger partial charge in [-0.25, -0.2) is 0 Å². The zero-order valence-electron chi connectivity index (χ0n) is 10.6. The summed E-state index contributed by atoms with van der Waals surface area (Å²) in [6, 6.07) is 4.31. The maximum atomic E-state index is 11.8. The van der Waals surface area contributed by atoms with Crippen molar-refractivity contribution in [2.24, 2.45) is 11.7 Å². The highest BCUT2D eigenvalue weighted by Crippen LogP contribution is 2.22. The van der Waals surface area contributed by atoms with Gasteiger partial charge in [0.05, 0.1) is 10.8 Å². The van der Waals surface area contributed by atoms with Crippen LogP contribution < -0.4 is 11.1 Å². The quantitative estimate of drug-likeness (QED) is 0.630. The molecule has 18 heavy (non-hydrogen) atoms. The molecule has 0 aliphatic rings. The number of amides is 1. The van der Waals surface area contributed by atoms with E-state index in [9.17, 15) is 14.9 Å². The molecule has 1 aromatic rings. The van der Waals surface area contributed by atoms with E-state index >= 15 is 0 Å². The van der Waals surface area contributed by atoms with E-state index in [1.165, 1.54) is 6.07 Å². The number of nitro groups is 1. The van der Waals surface area contributed by atoms with Crippen LogP contribution in [0.25, 0.3) is 0 Å². The average molecular weight is 251 g/mol. The van der Waals surface area contributed by atoms with Crippen molar-refractivity contribution in [3.63, 3.8) is 0 Å². The number of nitro benzene ring substituents is 1. The third-order valence-electron chi connectivity index (χ3n) is 2.88. The summed E-state index contributed by atoms with van der Waals surface area (Å²) in [4.78, 5) is 22.1. The van der Waals surface area contributed by atoms with Crippen LogP contribution in [0, 0.1) is 23.0 Å². The van der Waals surface area contributed by atoms with Gasteiger partial charge in [0, 0.05) is 23.4 Å². The van der Waals surface area contributed by atoms with E-state index in [0.29, 0.717) is 11.3 Å².